The molecule has 0 saturated heterocycles. The molecule has 0 aliphatic heterocycles. The van der Waals surface area contributed by atoms with E-state index in [1.54, 1.807) is 0 Å². The summed E-state index contributed by atoms with van der Waals surface area (Å²) in [6.45, 7) is 0. The number of hydrogen-bond donors (Lipinski definition) is 2. The van der Waals surface area contributed by atoms with E-state index in [1.165, 1.54) is 18.5 Å². The molecule has 0 aliphatic rings. The van der Waals surface area contributed by atoms with Crippen LogP contribution in [0.4, 0.5) is 0 Å². The molecular formula is C3H5N2O3P. The molecule has 50 valence electrons. The topological polar surface area (TPSA) is 75.3 Å². The van der Waals surface area contributed by atoms with Crippen LogP contribution in [-0.4, -0.2) is 19.3 Å². The van der Waals surface area contributed by atoms with Gasteiger partial charge in [-0.2, -0.15) is 9.55 Å². The molecule has 1 aromatic rings. The van der Waals surface area contributed by atoms with Crippen molar-refractivity contribution in [3.8, 4) is 0 Å². The van der Waals surface area contributed by atoms with Crippen LogP contribution in [0, 0.1) is 0 Å². The lowest BCUT2D eigenvalue weighted by molar-refractivity contribution is 0.355. The molecule has 0 aliphatic carbocycles. The lowest BCUT2D eigenvalue weighted by Crippen LogP contribution is -1.93. The van der Waals surface area contributed by atoms with Crippen LogP contribution in [0.3, 0.4) is 0 Å². The summed E-state index contributed by atoms with van der Waals surface area (Å²) in [7, 11) is -4.16. The second-order valence-electron chi connectivity index (χ2n) is 1.44. The van der Waals surface area contributed by atoms with Gasteiger partial charge in [-0.15, -0.1) is 0 Å². The molecule has 6 heteroatoms. The average Bonchev–Trinajstić information content (AvgIpc) is 2.08. The number of aromatic nitrogens is 2. The van der Waals surface area contributed by atoms with E-state index in [-0.39, 0.29) is 0 Å². The van der Waals surface area contributed by atoms with Gasteiger partial charge in [0, 0.05) is 12.4 Å². The van der Waals surface area contributed by atoms with Crippen LogP contribution in [0.15, 0.2) is 18.5 Å². The van der Waals surface area contributed by atoms with E-state index in [9.17, 15) is 4.57 Å². The van der Waals surface area contributed by atoms with Crippen molar-refractivity contribution in [2.75, 3.05) is 0 Å². The number of rotatable bonds is 1. The highest BCUT2D eigenvalue weighted by molar-refractivity contribution is 7.49. The summed E-state index contributed by atoms with van der Waals surface area (Å²) in [5.74, 6) is 0. The predicted molar refractivity (Wildman–Crippen MR) is 29.7 cm³/mol. The third kappa shape index (κ3) is 1.38. The second kappa shape index (κ2) is 1.95. The Balaban J connectivity index is 3.04. The fourth-order valence-corrected chi connectivity index (χ4v) is 0.860. The van der Waals surface area contributed by atoms with E-state index < -0.39 is 7.75 Å². The highest BCUT2D eigenvalue weighted by Crippen LogP contribution is 2.34. The molecular weight excluding hydrogens is 143 g/mol. The number of nitrogens with zero attached hydrogens (tertiary/aromatic N) is 2. The molecule has 2 N–H and O–H groups in total. The third-order valence-corrected chi connectivity index (χ3v) is 1.53. The van der Waals surface area contributed by atoms with Crippen molar-refractivity contribution in [1.82, 2.24) is 9.55 Å². The van der Waals surface area contributed by atoms with Crippen molar-refractivity contribution in [2.24, 2.45) is 0 Å². The molecule has 0 bridgehead atoms. The van der Waals surface area contributed by atoms with Crippen LogP contribution < -0.4 is 0 Å². The monoisotopic (exact) mass is 148 g/mol. The standard InChI is InChI=1S/C3H5N2O3P/c6-9(7,8)5-3-1-2-4-5/h1-3H,(H2,6,7,8). The van der Waals surface area contributed by atoms with Crippen LogP contribution in [0.1, 0.15) is 0 Å². The predicted octanol–water partition coefficient (Wildman–Crippen LogP) is -0.176. The smallest absolute Gasteiger partial charge is 0.307 e. The van der Waals surface area contributed by atoms with E-state index in [0.29, 0.717) is 4.45 Å². The van der Waals surface area contributed by atoms with Crippen LogP contribution >= 0.6 is 7.75 Å². The summed E-state index contributed by atoms with van der Waals surface area (Å²) in [5.41, 5.74) is 0. The molecule has 1 rings (SSSR count). The zero-order valence-electron chi connectivity index (χ0n) is 4.38. The van der Waals surface area contributed by atoms with Crippen molar-refractivity contribution in [2.45, 2.75) is 0 Å². The third-order valence-electron chi connectivity index (χ3n) is 0.757. The summed E-state index contributed by atoms with van der Waals surface area (Å²) in [4.78, 5) is 16.8. The average molecular weight is 148 g/mol. The van der Waals surface area contributed by atoms with Gasteiger partial charge in [0.05, 0.1) is 0 Å². The Hall–Kier alpha value is -0.640. The minimum Gasteiger partial charge on any atom is -0.307 e. The SMILES string of the molecule is O=P(O)(O)n1cccn1. The zero-order valence-corrected chi connectivity index (χ0v) is 5.27. The maximum atomic E-state index is 10.3. The van der Waals surface area contributed by atoms with Gasteiger partial charge in [0.1, 0.15) is 0 Å². The fraction of sp³-hybridized carbons (Fsp3) is 0. The highest BCUT2D eigenvalue weighted by Gasteiger charge is 2.14. The first-order valence-electron chi connectivity index (χ1n) is 2.17. The van der Waals surface area contributed by atoms with Crippen LogP contribution in [0.5, 0.6) is 0 Å². The van der Waals surface area contributed by atoms with Gasteiger partial charge < -0.3 is 9.79 Å². The molecule has 0 saturated carbocycles. The van der Waals surface area contributed by atoms with Gasteiger partial charge in [-0.1, -0.05) is 0 Å². The molecule has 5 nitrogen and oxygen atoms in total. The minimum atomic E-state index is -4.16. The normalized spacial score (nSPS) is 11.8. The summed E-state index contributed by atoms with van der Waals surface area (Å²) in [6.07, 6.45) is 2.51. The summed E-state index contributed by atoms with van der Waals surface area (Å²) in [6, 6.07) is 1.44. The van der Waals surface area contributed by atoms with Gasteiger partial charge in [0.2, 0.25) is 0 Å². The summed E-state index contributed by atoms with van der Waals surface area (Å²) < 4.78 is 10.9. The molecule has 0 unspecified atom stereocenters. The first-order chi connectivity index (χ1) is 4.11. The highest BCUT2D eigenvalue weighted by atomic mass is 31.2. The van der Waals surface area contributed by atoms with Crippen molar-refractivity contribution in [3.63, 3.8) is 0 Å². The molecule has 0 spiro atoms. The zero-order chi connectivity index (χ0) is 6.91. The summed E-state index contributed by atoms with van der Waals surface area (Å²) >= 11 is 0. The van der Waals surface area contributed by atoms with Gasteiger partial charge in [-0.3, -0.25) is 0 Å². The van der Waals surface area contributed by atoms with E-state index in [2.05, 4.69) is 5.10 Å². The summed E-state index contributed by atoms with van der Waals surface area (Å²) in [5, 5.41) is 3.34. The lowest BCUT2D eigenvalue weighted by Gasteiger charge is -1.99. The minimum absolute atomic E-state index is 0.604. The van der Waals surface area contributed by atoms with Crippen LogP contribution in [-0.2, 0) is 4.57 Å². The van der Waals surface area contributed by atoms with Crippen molar-refractivity contribution in [3.05, 3.63) is 18.5 Å². The Morgan fingerprint density at radius 2 is 2.22 bits per heavy atom. The van der Waals surface area contributed by atoms with Crippen molar-refractivity contribution in [1.29, 1.82) is 0 Å². The van der Waals surface area contributed by atoms with Crippen LogP contribution in [0.25, 0.3) is 0 Å². The van der Waals surface area contributed by atoms with E-state index in [1.807, 2.05) is 0 Å². The van der Waals surface area contributed by atoms with Crippen LogP contribution in [0.2, 0.25) is 0 Å². The Labute approximate surface area is 51.1 Å². The van der Waals surface area contributed by atoms with Gasteiger partial charge in [-0.05, 0) is 6.07 Å². The van der Waals surface area contributed by atoms with E-state index >= 15 is 0 Å². The Morgan fingerprint density at radius 1 is 1.56 bits per heavy atom. The van der Waals surface area contributed by atoms with E-state index in [0.717, 1.165) is 0 Å². The maximum absolute atomic E-state index is 10.3. The molecule has 1 heterocycles. The molecule has 0 atom stereocenters. The van der Waals surface area contributed by atoms with Gasteiger partial charge >= 0.3 is 7.75 Å². The van der Waals surface area contributed by atoms with Crippen molar-refractivity contribution < 1.29 is 14.4 Å². The molecule has 9 heavy (non-hydrogen) atoms. The molecule has 0 aromatic carbocycles. The van der Waals surface area contributed by atoms with Gasteiger partial charge in [0.25, 0.3) is 0 Å². The quantitative estimate of drug-likeness (QED) is 0.542. The Bertz CT molecular complexity index is 225. The van der Waals surface area contributed by atoms with E-state index in [4.69, 9.17) is 9.79 Å². The Kier molecular flexibility index (Phi) is 1.40. The van der Waals surface area contributed by atoms with Crippen molar-refractivity contribution >= 4 is 7.75 Å². The largest absolute Gasteiger partial charge is 0.449 e. The molecule has 0 amide bonds. The van der Waals surface area contributed by atoms with Gasteiger partial charge in [-0.25, -0.2) is 4.57 Å². The molecule has 0 fully saturated rings. The maximum Gasteiger partial charge on any atom is 0.449 e. The number of hydrogen-bond acceptors (Lipinski definition) is 2. The fourth-order valence-electron chi connectivity index (χ4n) is 0.415. The Morgan fingerprint density at radius 3 is 2.44 bits per heavy atom. The first-order valence-corrected chi connectivity index (χ1v) is 3.73. The van der Waals surface area contributed by atoms with Gasteiger partial charge in [0.15, 0.2) is 0 Å². The first kappa shape index (κ1) is 6.48. The second-order valence-corrected chi connectivity index (χ2v) is 2.88. The lowest BCUT2D eigenvalue weighted by atomic mass is 10.8. The molecule has 0 radical (unpaired) electrons. The molecule has 1 aromatic heterocycles.